The van der Waals surface area contributed by atoms with Crippen molar-refractivity contribution >= 4 is 17.1 Å². The summed E-state index contributed by atoms with van der Waals surface area (Å²) in [5, 5.41) is 7.57. The van der Waals surface area contributed by atoms with Gasteiger partial charge in [0, 0.05) is 49.1 Å². The molecular formula is C44H71F4N5O2. The number of nitrogens with zero attached hydrogens (tertiary/aromatic N) is 4. The summed E-state index contributed by atoms with van der Waals surface area (Å²) in [6.45, 7) is 26.1. The highest BCUT2D eigenvalue weighted by molar-refractivity contribution is 6.18. The van der Waals surface area contributed by atoms with Crippen LogP contribution in [0.2, 0.25) is 0 Å². The average Bonchev–Trinajstić information content (AvgIpc) is 3.69. The molecule has 4 atom stereocenters. The zero-order chi connectivity index (χ0) is 42.0. The Bertz CT molecular complexity index is 1500. The second-order valence-corrected chi connectivity index (χ2v) is 15.2. The van der Waals surface area contributed by atoms with Gasteiger partial charge in [-0.05, 0) is 120 Å². The number of allylic oxidation sites excluding steroid dienone is 8. The Balaban J connectivity index is 0.000000833. The molecule has 0 saturated carbocycles. The molecule has 0 bridgehead atoms. The van der Waals surface area contributed by atoms with E-state index >= 15 is 4.39 Å². The van der Waals surface area contributed by atoms with E-state index < -0.39 is 23.3 Å². The molecule has 0 spiro atoms. The van der Waals surface area contributed by atoms with E-state index in [0.29, 0.717) is 23.8 Å². The van der Waals surface area contributed by atoms with Crippen LogP contribution in [0.1, 0.15) is 124 Å². The maximum Gasteiger partial charge on any atom is 0.418 e. The lowest BCUT2D eigenvalue weighted by Gasteiger charge is -2.36. The van der Waals surface area contributed by atoms with E-state index in [1.165, 1.54) is 58.5 Å². The van der Waals surface area contributed by atoms with Gasteiger partial charge in [-0.25, -0.2) is 14.4 Å². The van der Waals surface area contributed by atoms with Crippen LogP contribution in [0.25, 0.3) is 5.57 Å². The van der Waals surface area contributed by atoms with E-state index in [4.69, 9.17) is 15.6 Å². The molecule has 2 fully saturated rings. The topological polar surface area (TPSA) is 87.2 Å². The van der Waals surface area contributed by atoms with Gasteiger partial charge < -0.3 is 25.4 Å². The lowest BCUT2D eigenvalue weighted by atomic mass is 9.90. The molecule has 3 N–H and O–H groups in total. The number of nitrogen functional groups attached to an aromatic ring is 1. The zero-order valence-corrected chi connectivity index (χ0v) is 35.8. The molecule has 3 aliphatic rings. The number of hydrogen-bond donors (Lipinski definition) is 2. The highest BCUT2D eigenvalue weighted by Gasteiger charge is 2.39. The van der Waals surface area contributed by atoms with Crippen LogP contribution in [0.4, 0.5) is 23.4 Å². The van der Waals surface area contributed by atoms with Crippen molar-refractivity contribution < 1.29 is 27.4 Å². The Labute approximate surface area is 330 Å². The predicted molar refractivity (Wildman–Crippen MR) is 223 cm³/mol. The van der Waals surface area contributed by atoms with Crippen molar-refractivity contribution in [3.8, 4) is 0 Å². The largest absolute Gasteiger partial charge is 0.481 e. The number of hydrogen-bond acceptors (Lipinski definition) is 7. The molecule has 0 radical (unpaired) electrons. The van der Waals surface area contributed by atoms with E-state index in [1.807, 2.05) is 27.8 Å². The van der Waals surface area contributed by atoms with E-state index in [0.717, 1.165) is 43.0 Å². The molecular weight excluding hydrogens is 707 g/mol. The number of nitrogens with two attached hydrogens (primary N) is 1. The van der Waals surface area contributed by atoms with Gasteiger partial charge in [-0.1, -0.05) is 54.0 Å². The summed E-state index contributed by atoms with van der Waals surface area (Å²) in [5.41, 5.74) is 5.25. The van der Waals surface area contributed by atoms with Crippen molar-refractivity contribution in [1.29, 1.82) is 0 Å². The van der Waals surface area contributed by atoms with Crippen LogP contribution in [0.3, 0.4) is 0 Å². The number of aliphatic hydroxyl groups is 1. The highest BCUT2D eigenvalue weighted by atomic mass is 19.4. The van der Waals surface area contributed by atoms with Crippen LogP contribution in [0.5, 0.6) is 0 Å². The molecule has 3 heterocycles. The van der Waals surface area contributed by atoms with Gasteiger partial charge in [0.05, 0.1) is 24.1 Å². The fraction of sp³-hybridized carbons (Fsp3) is 0.636. The summed E-state index contributed by atoms with van der Waals surface area (Å²) in [5.74, 6) is 1.19. The van der Waals surface area contributed by atoms with Crippen LogP contribution in [-0.4, -0.2) is 71.5 Å². The van der Waals surface area contributed by atoms with Gasteiger partial charge in [-0.2, -0.15) is 13.2 Å². The molecule has 2 aliphatic heterocycles. The number of alkyl halides is 3. The Kier molecular flexibility index (Phi) is 21.9. The predicted octanol–water partition coefficient (Wildman–Crippen LogP) is 11.3. The van der Waals surface area contributed by atoms with Crippen molar-refractivity contribution in [3.05, 3.63) is 76.8 Å². The van der Waals surface area contributed by atoms with Gasteiger partial charge in [0.25, 0.3) is 0 Å². The van der Waals surface area contributed by atoms with E-state index in [1.54, 1.807) is 19.1 Å². The smallest absolute Gasteiger partial charge is 0.418 e. The van der Waals surface area contributed by atoms with Gasteiger partial charge in [-0.15, -0.1) is 6.58 Å². The highest BCUT2D eigenvalue weighted by Crippen LogP contribution is 2.41. The standard InChI is InChI=1S/C31H44F4N4O.C8H15N.C3H6.C2H6O/c1-10-12-28(40-9)37-25-17-23(30-29(31(33,34)35)20(6)15-27(36)38-30)24(32)16-22(25)21(7)39(8)26(18(3)4)14-13-19(5)11-2;1-7-5-8-3-2-4-9(8)6-7;1-3-2;1-2-3/h12,15-19,26H,10-11,13-14H2,1-9H3,(H2,36,38);7-8H,2-6H2,1H3;3H,1H2,2H3;3H,2H2,1H3/b22-21+,28-12-,37-25-;;;/t;7-,8?;;/m.1../s1. The lowest BCUT2D eigenvalue weighted by molar-refractivity contribution is -0.138. The minimum Gasteiger partial charge on any atom is -0.481 e. The Morgan fingerprint density at radius 2 is 1.82 bits per heavy atom. The van der Waals surface area contributed by atoms with Crippen LogP contribution >= 0.6 is 0 Å². The molecule has 0 aromatic carbocycles. The number of aryl methyl sites for hydroxylation is 1. The Morgan fingerprint density at radius 3 is 2.33 bits per heavy atom. The summed E-state index contributed by atoms with van der Waals surface area (Å²) in [4.78, 5) is 13.3. The molecule has 2 saturated heterocycles. The number of pyridine rings is 1. The van der Waals surface area contributed by atoms with Crippen LogP contribution in [0.15, 0.2) is 64.9 Å². The summed E-state index contributed by atoms with van der Waals surface area (Å²) in [6, 6.07) is 2.29. The van der Waals surface area contributed by atoms with Crippen LogP contribution in [0, 0.1) is 24.7 Å². The zero-order valence-electron chi connectivity index (χ0n) is 35.8. The van der Waals surface area contributed by atoms with E-state index in [2.05, 4.69) is 61.0 Å². The third kappa shape index (κ3) is 15.2. The molecule has 1 aliphatic carbocycles. The maximum absolute atomic E-state index is 15.8. The number of aliphatic imine (C=N–C) groups is 1. The number of methoxy groups -OCH3 is 1. The van der Waals surface area contributed by atoms with Crippen LogP contribution in [-0.2, 0) is 10.9 Å². The Hall–Kier alpha value is -3.44. The number of aliphatic hydroxyl groups excluding tert-OH is 1. The second-order valence-electron chi connectivity index (χ2n) is 15.2. The summed E-state index contributed by atoms with van der Waals surface area (Å²) in [7, 11) is 3.43. The minimum absolute atomic E-state index is 0.130. The molecule has 1 aromatic rings. The fourth-order valence-electron chi connectivity index (χ4n) is 7.26. The van der Waals surface area contributed by atoms with Gasteiger partial charge in [0.1, 0.15) is 11.6 Å². The molecule has 7 nitrogen and oxygen atoms in total. The SMILES string of the molecule is C=CC.CC/C=C(/N=C1/C=C(c2nc(N)cc(C)c2C(F)(F)F)C(F)=C/C1=C(/C)N(C)C(CCC(C)CC)C(C)C)OC.CCO.C[C@@H]1CC2CCCN2C1. The van der Waals surface area contributed by atoms with Crippen molar-refractivity contribution in [2.45, 2.75) is 132 Å². The lowest BCUT2D eigenvalue weighted by Crippen LogP contribution is -2.36. The third-order valence-electron chi connectivity index (χ3n) is 10.2. The monoisotopic (exact) mass is 778 g/mol. The molecule has 1 aromatic heterocycles. The molecule has 11 heteroatoms. The van der Waals surface area contributed by atoms with Gasteiger partial charge in [0.15, 0.2) is 0 Å². The molecule has 0 amide bonds. The van der Waals surface area contributed by atoms with Crippen molar-refractivity contribution in [1.82, 2.24) is 14.8 Å². The van der Waals surface area contributed by atoms with Gasteiger partial charge in [0.2, 0.25) is 5.88 Å². The molecule has 312 valence electrons. The quantitative estimate of drug-likeness (QED) is 0.132. The van der Waals surface area contributed by atoms with E-state index in [-0.39, 0.29) is 41.2 Å². The summed E-state index contributed by atoms with van der Waals surface area (Å²) in [6.07, 6.45) is 9.41. The van der Waals surface area contributed by atoms with Gasteiger partial charge >= 0.3 is 6.18 Å². The van der Waals surface area contributed by atoms with Crippen molar-refractivity contribution in [2.24, 2.45) is 22.7 Å². The number of fused-ring (bicyclic) bond motifs is 1. The third-order valence-corrected chi connectivity index (χ3v) is 10.2. The first kappa shape index (κ1) is 49.6. The average molecular weight is 778 g/mol. The fourth-order valence-corrected chi connectivity index (χ4v) is 7.26. The molecule has 3 unspecified atom stereocenters. The first-order valence-corrected chi connectivity index (χ1v) is 20.0. The number of anilines is 1. The maximum atomic E-state index is 15.8. The summed E-state index contributed by atoms with van der Waals surface area (Å²) < 4.78 is 63.5. The number of halogens is 4. The molecule has 55 heavy (non-hydrogen) atoms. The number of rotatable bonds is 11. The van der Waals surface area contributed by atoms with Crippen molar-refractivity contribution in [3.63, 3.8) is 0 Å². The Morgan fingerprint density at radius 1 is 1.20 bits per heavy atom. The molecule has 4 rings (SSSR count). The first-order valence-electron chi connectivity index (χ1n) is 20.0. The summed E-state index contributed by atoms with van der Waals surface area (Å²) >= 11 is 0. The second kappa shape index (κ2) is 24.3. The van der Waals surface area contributed by atoms with Crippen LogP contribution < -0.4 is 5.73 Å². The number of aromatic nitrogens is 1. The normalized spacial score (nSPS) is 21.1. The van der Waals surface area contributed by atoms with E-state index in [9.17, 15) is 13.2 Å². The number of ether oxygens (including phenoxy) is 1. The van der Waals surface area contributed by atoms with Crippen molar-refractivity contribution in [2.75, 3.05) is 39.6 Å². The minimum atomic E-state index is -4.76. The first-order chi connectivity index (χ1) is 25.8. The van der Waals surface area contributed by atoms with Gasteiger partial charge in [-0.3, -0.25) is 0 Å².